The van der Waals surface area contributed by atoms with E-state index in [4.69, 9.17) is 4.74 Å². The van der Waals surface area contributed by atoms with Crippen LogP contribution >= 0.6 is 23.7 Å². The molecule has 0 aliphatic carbocycles. The van der Waals surface area contributed by atoms with Crippen molar-refractivity contribution >= 4 is 35.4 Å². The molecule has 0 saturated heterocycles. The number of halogens is 1. The molecular weight excluding hydrogens is 390 g/mol. The van der Waals surface area contributed by atoms with Crippen LogP contribution in [0.25, 0.3) is 0 Å². The summed E-state index contributed by atoms with van der Waals surface area (Å²) >= 11 is 1.78. The van der Waals surface area contributed by atoms with E-state index < -0.39 is 0 Å². The average molecular weight is 414 g/mol. The van der Waals surface area contributed by atoms with E-state index in [1.54, 1.807) is 11.3 Å². The average Bonchev–Trinajstić information content (AvgIpc) is 3.39. The van der Waals surface area contributed by atoms with Gasteiger partial charge in [-0.25, -0.2) is 0 Å². The van der Waals surface area contributed by atoms with E-state index in [9.17, 15) is 0 Å². The van der Waals surface area contributed by atoms with Crippen LogP contribution in [0.3, 0.4) is 0 Å². The van der Waals surface area contributed by atoms with Crippen LogP contribution in [0.2, 0.25) is 0 Å². The first-order valence-corrected chi connectivity index (χ1v) is 10.1. The molecule has 4 nitrogen and oxygen atoms in total. The molecule has 6 heteroatoms. The van der Waals surface area contributed by atoms with Crippen LogP contribution in [0, 0.1) is 0 Å². The number of ether oxygens (including phenoxy) is 1. The van der Waals surface area contributed by atoms with E-state index in [0.717, 1.165) is 43.3 Å². The van der Waals surface area contributed by atoms with Gasteiger partial charge in [-0.15, -0.1) is 23.7 Å². The summed E-state index contributed by atoms with van der Waals surface area (Å²) in [4.78, 5) is 5.71. The van der Waals surface area contributed by atoms with Crippen molar-refractivity contribution in [3.05, 3.63) is 82.0 Å². The molecule has 2 N–H and O–H groups in total. The van der Waals surface area contributed by atoms with E-state index >= 15 is 0 Å². The van der Waals surface area contributed by atoms with Gasteiger partial charge in [0, 0.05) is 23.5 Å². The molecule has 2 aromatic carbocycles. The maximum Gasteiger partial charge on any atom is 0.195 e. The standard InChI is InChI=1S/C22H23N3OS.ClH/c1-2-21(27-15-1)11-14-26-20-9-5-18(6-10-20)16-17-3-7-19(8-4-17)25-22-23-12-13-24-22;/h1-10,15H,11-14,16H2,(H2,23,24,25);1H. The Balaban J connectivity index is 0.00000225. The van der Waals surface area contributed by atoms with Gasteiger partial charge in [0.1, 0.15) is 5.75 Å². The van der Waals surface area contributed by atoms with Crippen LogP contribution in [0.1, 0.15) is 16.0 Å². The van der Waals surface area contributed by atoms with Crippen LogP contribution < -0.4 is 15.4 Å². The largest absolute Gasteiger partial charge is 0.493 e. The summed E-state index contributed by atoms with van der Waals surface area (Å²) in [6, 6.07) is 21.1. The highest BCUT2D eigenvalue weighted by Crippen LogP contribution is 2.18. The number of benzene rings is 2. The second kappa shape index (κ2) is 10.2. The summed E-state index contributed by atoms with van der Waals surface area (Å²) < 4.78 is 5.84. The van der Waals surface area contributed by atoms with Gasteiger partial charge in [0.15, 0.2) is 5.96 Å². The molecule has 28 heavy (non-hydrogen) atoms. The Kier molecular flexibility index (Phi) is 7.34. The fraction of sp³-hybridized carbons (Fsp3) is 0.227. The third-order valence-corrected chi connectivity index (χ3v) is 5.36. The number of anilines is 1. The highest BCUT2D eigenvalue weighted by atomic mass is 35.5. The molecule has 146 valence electrons. The first kappa shape index (κ1) is 20.2. The molecule has 0 radical (unpaired) electrons. The van der Waals surface area contributed by atoms with Crippen molar-refractivity contribution in [2.24, 2.45) is 4.99 Å². The monoisotopic (exact) mass is 413 g/mol. The van der Waals surface area contributed by atoms with Gasteiger partial charge in [-0.2, -0.15) is 0 Å². The van der Waals surface area contributed by atoms with Gasteiger partial charge in [-0.05, 0) is 53.3 Å². The summed E-state index contributed by atoms with van der Waals surface area (Å²) in [5.41, 5.74) is 3.62. The Labute approximate surface area is 176 Å². The van der Waals surface area contributed by atoms with Crippen LogP contribution in [-0.2, 0) is 12.8 Å². The predicted octanol–water partition coefficient (Wildman–Crippen LogP) is 4.75. The van der Waals surface area contributed by atoms with Gasteiger partial charge in [0.25, 0.3) is 0 Å². The van der Waals surface area contributed by atoms with Crippen molar-refractivity contribution in [3.63, 3.8) is 0 Å². The Morgan fingerprint density at radius 2 is 1.75 bits per heavy atom. The molecule has 0 spiro atoms. The van der Waals surface area contributed by atoms with Crippen molar-refractivity contribution in [2.75, 3.05) is 25.0 Å². The summed E-state index contributed by atoms with van der Waals surface area (Å²) in [6.07, 6.45) is 1.87. The molecule has 3 aromatic rings. The SMILES string of the molecule is Cl.c1csc(CCOc2ccc(Cc3ccc(NC4=NCCN4)cc3)cc2)c1. The molecule has 1 aliphatic rings. The van der Waals surface area contributed by atoms with Crippen molar-refractivity contribution in [1.82, 2.24) is 5.32 Å². The first-order chi connectivity index (χ1) is 13.3. The van der Waals surface area contributed by atoms with E-state index in [-0.39, 0.29) is 12.4 Å². The number of thiophene rings is 1. The number of guanidine groups is 1. The summed E-state index contributed by atoms with van der Waals surface area (Å²) in [5.74, 6) is 1.79. The van der Waals surface area contributed by atoms with E-state index in [2.05, 4.69) is 81.7 Å². The smallest absolute Gasteiger partial charge is 0.195 e. The number of hydrogen-bond acceptors (Lipinski definition) is 5. The molecule has 2 heterocycles. The lowest BCUT2D eigenvalue weighted by molar-refractivity contribution is 0.323. The third kappa shape index (κ3) is 5.75. The zero-order chi connectivity index (χ0) is 18.3. The lowest BCUT2D eigenvalue weighted by atomic mass is 10.0. The Morgan fingerprint density at radius 1 is 1.00 bits per heavy atom. The van der Waals surface area contributed by atoms with Crippen molar-refractivity contribution in [1.29, 1.82) is 0 Å². The normalized spacial score (nSPS) is 12.6. The molecule has 0 saturated carbocycles. The van der Waals surface area contributed by atoms with Crippen molar-refractivity contribution < 1.29 is 4.74 Å². The van der Waals surface area contributed by atoms with Gasteiger partial charge < -0.3 is 15.4 Å². The fourth-order valence-corrected chi connectivity index (χ4v) is 3.68. The minimum absolute atomic E-state index is 0. The molecule has 0 fully saturated rings. The zero-order valence-corrected chi connectivity index (χ0v) is 17.2. The zero-order valence-electron chi connectivity index (χ0n) is 15.6. The summed E-state index contributed by atoms with van der Waals surface area (Å²) in [5, 5.41) is 8.61. The predicted molar refractivity (Wildman–Crippen MR) is 120 cm³/mol. The van der Waals surface area contributed by atoms with Gasteiger partial charge in [-0.1, -0.05) is 30.3 Å². The molecule has 0 unspecified atom stereocenters. The molecule has 1 aromatic heterocycles. The van der Waals surface area contributed by atoms with Gasteiger partial charge in [0.2, 0.25) is 0 Å². The number of nitrogens with one attached hydrogen (secondary N) is 2. The molecule has 1 aliphatic heterocycles. The second-order valence-electron chi connectivity index (χ2n) is 6.48. The minimum atomic E-state index is 0. The van der Waals surface area contributed by atoms with Crippen LogP contribution in [-0.4, -0.2) is 25.7 Å². The number of rotatable bonds is 7. The van der Waals surface area contributed by atoms with Gasteiger partial charge in [0.05, 0.1) is 13.2 Å². The lowest BCUT2D eigenvalue weighted by Crippen LogP contribution is -2.26. The molecular formula is C22H24ClN3OS. The molecule has 0 amide bonds. The number of aliphatic imine (C=N–C) groups is 1. The Hall–Kier alpha value is -2.50. The lowest BCUT2D eigenvalue weighted by Gasteiger charge is -2.09. The van der Waals surface area contributed by atoms with Crippen molar-refractivity contribution in [2.45, 2.75) is 12.8 Å². The van der Waals surface area contributed by atoms with Crippen LogP contribution in [0.4, 0.5) is 5.69 Å². The Bertz CT molecular complexity index is 877. The minimum Gasteiger partial charge on any atom is -0.493 e. The Morgan fingerprint density at radius 3 is 2.39 bits per heavy atom. The quantitative estimate of drug-likeness (QED) is 0.587. The van der Waals surface area contributed by atoms with E-state index in [1.807, 2.05) is 0 Å². The highest BCUT2D eigenvalue weighted by Gasteiger charge is 2.05. The maximum absolute atomic E-state index is 5.84. The summed E-state index contributed by atoms with van der Waals surface area (Å²) in [6.45, 7) is 2.47. The van der Waals surface area contributed by atoms with Crippen LogP contribution in [0.15, 0.2) is 71.0 Å². The number of nitrogens with zero attached hydrogens (tertiary/aromatic N) is 1. The van der Waals surface area contributed by atoms with Crippen molar-refractivity contribution in [3.8, 4) is 5.75 Å². The van der Waals surface area contributed by atoms with E-state index in [1.165, 1.54) is 16.0 Å². The molecule has 0 atom stereocenters. The van der Waals surface area contributed by atoms with Crippen LogP contribution in [0.5, 0.6) is 5.75 Å². The van der Waals surface area contributed by atoms with Gasteiger partial charge in [-0.3, -0.25) is 4.99 Å². The first-order valence-electron chi connectivity index (χ1n) is 9.23. The number of hydrogen-bond donors (Lipinski definition) is 2. The second-order valence-corrected chi connectivity index (χ2v) is 7.51. The maximum atomic E-state index is 5.84. The third-order valence-electron chi connectivity index (χ3n) is 4.42. The topological polar surface area (TPSA) is 45.6 Å². The summed E-state index contributed by atoms with van der Waals surface area (Å²) in [7, 11) is 0. The fourth-order valence-electron chi connectivity index (χ4n) is 2.99. The molecule has 0 bridgehead atoms. The molecule has 4 rings (SSSR count). The highest BCUT2D eigenvalue weighted by molar-refractivity contribution is 7.09. The van der Waals surface area contributed by atoms with Gasteiger partial charge >= 0.3 is 0 Å². The van der Waals surface area contributed by atoms with E-state index in [0.29, 0.717) is 6.61 Å².